The van der Waals surface area contributed by atoms with E-state index in [0.29, 0.717) is 6.04 Å². The molecule has 106 valence electrons. The summed E-state index contributed by atoms with van der Waals surface area (Å²) in [6.07, 6.45) is 4.77. The summed E-state index contributed by atoms with van der Waals surface area (Å²) in [5.41, 5.74) is 2.68. The molecule has 0 bridgehead atoms. The zero-order valence-electron chi connectivity index (χ0n) is 12.3. The molecule has 0 radical (unpaired) electrons. The minimum Gasteiger partial charge on any atom is -0.312 e. The first-order chi connectivity index (χ1) is 9.79. The Morgan fingerprint density at radius 1 is 1.10 bits per heavy atom. The van der Waals surface area contributed by atoms with Gasteiger partial charge in [-0.1, -0.05) is 30.3 Å². The topological polar surface area (TPSA) is 28.2 Å². The van der Waals surface area contributed by atoms with Crippen LogP contribution in [0, 0.1) is 0 Å². The van der Waals surface area contributed by atoms with Crippen molar-refractivity contribution in [1.29, 1.82) is 0 Å². The van der Waals surface area contributed by atoms with E-state index >= 15 is 0 Å². The fraction of sp³-hybridized carbons (Fsp3) is 0.353. The van der Waals surface area contributed by atoms with E-state index in [9.17, 15) is 0 Å². The summed E-state index contributed by atoms with van der Waals surface area (Å²) in [6, 6.07) is 15.1. The third-order valence-electron chi connectivity index (χ3n) is 3.58. The number of likely N-dealkylation sites (N-methyl/N-ethyl adjacent to an activating group) is 2. The summed E-state index contributed by atoms with van der Waals surface area (Å²) < 4.78 is 0. The lowest BCUT2D eigenvalue weighted by Gasteiger charge is -2.24. The third kappa shape index (κ3) is 4.44. The van der Waals surface area contributed by atoms with Crippen LogP contribution in [0.5, 0.6) is 0 Å². The molecule has 20 heavy (non-hydrogen) atoms. The van der Waals surface area contributed by atoms with Crippen molar-refractivity contribution in [3.05, 3.63) is 66.0 Å². The number of benzene rings is 1. The predicted molar refractivity (Wildman–Crippen MR) is 83.7 cm³/mol. The lowest BCUT2D eigenvalue weighted by Crippen LogP contribution is -2.32. The molecule has 0 amide bonds. The molecule has 2 aromatic rings. The molecule has 1 aromatic carbocycles. The second-order valence-electron chi connectivity index (χ2n) is 5.12. The highest BCUT2D eigenvalue weighted by Gasteiger charge is 2.11. The molecule has 2 rings (SSSR count). The van der Waals surface area contributed by atoms with Gasteiger partial charge in [0.2, 0.25) is 0 Å². The lowest BCUT2D eigenvalue weighted by atomic mass is 10.1. The Bertz CT molecular complexity index is 484. The normalized spacial score (nSPS) is 12.6. The van der Waals surface area contributed by atoms with Crippen LogP contribution in [0.4, 0.5) is 0 Å². The molecule has 3 heteroatoms. The largest absolute Gasteiger partial charge is 0.312 e. The van der Waals surface area contributed by atoms with E-state index in [1.54, 1.807) is 0 Å². The number of hydrogen-bond acceptors (Lipinski definition) is 3. The molecule has 0 spiro atoms. The van der Waals surface area contributed by atoms with Crippen molar-refractivity contribution in [1.82, 2.24) is 15.2 Å². The highest BCUT2D eigenvalue weighted by molar-refractivity contribution is 5.19. The van der Waals surface area contributed by atoms with E-state index in [0.717, 1.165) is 19.5 Å². The van der Waals surface area contributed by atoms with Gasteiger partial charge in [0, 0.05) is 31.5 Å². The van der Waals surface area contributed by atoms with Crippen molar-refractivity contribution in [2.45, 2.75) is 12.5 Å². The molecule has 0 aliphatic heterocycles. The Hall–Kier alpha value is -1.71. The third-order valence-corrected chi connectivity index (χ3v) is 3.58. The van der Waals surface area contributed by atoms with Crippen LogP contribution in [-0.4, -0.2) is 37.1 Å². The molecule has 1 unspecified atom stereocenters. The molecule has 0 saturated heterocycles. The second-order valence-corrected chi connectivity index (χ2v) is 5.12. The van der Waals surface area contributed by atoms with E-state index in [-0.39, 0.29) is 0 Å². The van der Waals surface area contributed by atoms with Crippen molar-refractivity contribution in [2.24, 2.45) is 0 Å². The lowest BCUT2D eigenvalue weighted by molar-refractivity contribution is 0.300. The number of hydrogen-bond donors (Lipinski definition) is 1. The van der Waals surface area contributed by atoms with Gasteiger partial charge in [-0.3, -0.25) is 4.98 Å². The fourth-order valence-electron chi connectivity index (χ4n) is 2.32. The highest BCUT2D eigenvalue weighted by Crippen LogP contribution is 2.13. The molecule has 1 atom stereocenters. The van der Waals surface area contributed by atoms with Crippen molar-refractivity contribution < 1.29 is 0 Å². The average molecular weight is 269 g/mol. The van der Waals surface area contributed by atoms with Crippen molar-refractivity contribution >= 4 is 0 Å². The van der Waals surface area contributed by atoms with Gasteiger partial charge in [0.25, 0.3) is 0 Å². The summed E-state index contributed by atoms with van der Waals surface area (Å²) in [6.45, 7) is 2.06. The van der Waals surface area contributed by atoms with Crippen molar-refractivity contribution in [3.8, 4) is 0 Å². The molecule has 1 heterocycles. The molecular weight excluding hydrogens is 246 g/mol. The minimum absolute atomic E-state index is 0.374. The molecule has 1 N–H and O–H groups in total. The highest BCUT2D eigenvalue weighted by atomic mass is 15.1. The van der Waals surface area contributed by atoms with Gasteiger partial charge in [-0.05, 0) is 43.8 Å². The zero-order valence-corrected chi connectivity index (χ0v) is 12.3. The minimum atomic E-state index is 0.374. The quantitative estimate of drug-likeness (QED) is 0.837. The van der Waals surface area contributed by atoms with Crippen LogP contribution in [0.25, 0.3) is 0 Å². The van der Waals surface area contributed by atoms with Crippen LogP contribution >= 0.6 is 0 Å². The molecule has 0 aliphatic carbocycles. The van der Waals surface area contributed by atoms with E-state index in [1.165, 1.54) is 11.1 Å². The van der Waals surface area contributed by atoms with Crippen molar-refractivity contribution in [3.63, 3.8) is 0 Å². The van der Waals surface area contributed by atoms with Gasteiger partial charge in [0.05, 0.1) is 0 Å². The Balaban J connectivity index is 1.85. The number of pyridine rings is 1. The maximum absolute atomic E-state index is 4.05. The summed E-state index contributed by atoms with van der Waals surface area (Å²) in [5, 5.41) is 3.40. The SMILES string of the molecule is CNC(CN(C)CCc1ccncc1)c1ccccc1. The number of rotatable bonds is 7. The van der Waals surface area contributed by atoms with Gasteiger partial charge < -0.3 is 10.2 Å². The molecule has 3 nitrogen and oxygen atoms in total. The van der Waals surface area contributed by atoms with E-state index in [2.05, 4.69) is 64.7 Å². The Morgan fingerprint density at radius 3 is 2.45 bits per heavy atom. The van der Waals surface area contributed by atoms with Crippen LogP contribution < -0.4 is 5.32 Å². The molecule has 1 aromatic heterocycles. The number of nitrogens with one attached hydrogen (secondary N) is 1. The van der Waals surface area contributed by atoms with Gasteiger partial charge in [0.15, 0.2) is 0 Å². The number of nitrogens with zero attached hydrogens (tertiary/aromatic N) is 2. The van der Waals surface area contributed by atoms with Crippen molar-refractivity contribution in [2.75, 3.05) is 27.2 Å². The van der Waals surface area contributed by atoms with E-state index in [4.69, 9.17) is 0 Å². The maximum Gasteiger partial charge on any atom is 0.0446 e. The van der Waals surface area contributed by atoms with Crippen LogP contribution in [0.1, 0.15) is 17.2 Å². The smallest absolute Gasteiger partial charge is 0.0446 e. The summed E-state index contributed by atoms with van der Waals surface area (Å²) in [4.78, 5) is 6.42. The first-order valence-electron chi connectivity index (χ1n) is 7.09. The molecule has 0 saturated carbocycles. The monoisotopic (exact) mass is 269 g/mol. The second kappa shape index (κ2) is 7.78. The number of aromatic nitrogens is 1. The molecule has 0 aliphatic rings. The maximum atomic E-state index is 4.05. The van der Waals surface area contributed by atoms with Crippen LogP contribution in [0.15, 0.2) is 54.9 Å². The predicted octanol–water partition coefficient (Wildman–Crippen LogP) is 2.52. The zero-order chi connectivity index (χ0) is 14.2. The molecular formula is C17H23N3. The fourth-order valence-corrected chi connectivity index (χ4v) is 2.32. The van der Waals surface area contributed by atoms with Gasteiger partial charge in [-0.15, -0.1) is 0 Å². The van der Waals surface area contributed by atoms with Crippen LogP contribution in [-0.2, 0) is 6.42 Å². The Kier molecular flexibility index (Phi) is 5.71. The standard InChI is InChI=1S/C17H23N3/c1-18-17(16-6-4-3-5-7-16)14-20(2)13-10-15-8-11-19-12-9-15/h3-9,11-12,17-18H,10,13-14H2,1-2H3. The van der Waals surface area contributed by atoms with Gasteiger partial charge in [-0.25, -0.2) is 0 Å². The molecule has 0 fully saturated rings. The van der Waals surface area contributed by atoms with E-state index < -0.39 is 0 Å². The van der Waals surface area contributed by atoms with Crippen LogP contribution in [0.2, 0.25) is 0 Å². The first-order valence-corrected chi connectivity index (χ1v) is 7.09. The van der Waals surface area contributed by atoms with Crippen LogP contribution in [0.3, 0.4) is 0 Å². The first kappa shape index (κ1) is 14.7. The summed E-state index contributed by atoms with van der Waals surface area (Å²) in [7, 11) is 4.20. The summed E-state index contributed by atoms with van der Waals surface area (Å²) in [5.74, 6) is 0. The van der Waals surface area contributed by atoms with Gasteiger partial charge >= 0.3 is 0 Å². The van der Waals surface area contributed by atoms with Gasteiger partial charge in [0.1, 0.15) is 0 Å². The Morgan fingerprint density at radius 2 is 1.80 bits per heavy atom. The summed E-state index contributed by atoms with van der Waals surface area (Å²) >= 11 is 0. The average Bonchev–Trinajstić information content (AvgIpc) is 2.52. The van der Waals surface area contributed by atoms with Gasteiger partial charge in [-0.2, -0.15) is 0 Å². The Labute approximate surface area is 121 Å². The van der Waals surface area contributed by atoms with E-state index in [1.807, 2.05) is 19.4 Å².